The van der Waals surface area contributed by atoms with Crippen LogP contribution in [0.3, 0.4) is 0 Å². The average Bonchev–Trinajstić information content (AvgIpc) is 3.69. The van der Waals surface area contributed by atoms with E-state index in [4.69, 9.17) is 38.4 Å². The number of benzene rings is 9. The van der Waals surface area contributed by atoms with E-state index in [1.807, 2.05) is 170 Å². The van der Waals surface area contributed by atoms with Gasteiger partial charge in [-0.15, -0.1) is 0 Å². The molecule has 0 aliphatic rings. The fraction of sp³-hybridized carbons (Fsp3) is 0.121. The third-order valence-corrected chi connectivity index (χ3v) is 15.3. The SMILES string of the molecule is COc1ccc(C(C#Cc2cc3c(cc2Br)c2cc(Br)c(C#CC(c4ccc(OC)cc4)(c4ccc(OC)cc4)c4ccc(OC)cc4)cc2c2nc(C#N)c(C#N)nc32)(c2ccc(OC)cc2)c2ccc(OC)cc2)cc1. The van der Waals surface area contributed by atoms with Crippen molar-refractivity contribution in [3.63, 3.8) is 0 Å². The summed E-state index contributed by atoms with van der Waals surface area (Å²) >= 11 is 7.89. The molecule has 12 heteroatoms. The van der Waals surface area contributed by atoms with Crippen molar-refractivity contribution in [1.29, 1.82) is 10.5 Å². The first kappa shape index (κ1) is 52.2. The Kier molecular flexibility index (Phi) is 14.8. The van der Waals surface area contributed by atoms with E-state index in [1.54, 1.807) is 42.7 Å². The molecule has 10 aromatic rings. The van der Waals surface area contributed by atoms with Gasteiger partial charge < -0.3 is 28.4 Å². The first-order chi connectivity index (χ1) is 38.0. The maximum atomic E-state index is 10.4. The van der Waals surface area contributed by atoms with E-state index < -0.39 is 10.8 Å². The van der Waals surface area contributed by atoms with Gasteiger partial charge in [0.1, 0.15) is 57.5 Å². The average molecular weight is 1150 g/mol. The second kappa shape index (κ2) is 22.1. The Morgan fingerprint density at radius 3 is 0.782 bits per heavy atom. The number of rotatable bonds is 12. The quantitative estimate of drug-likeness (QED) is 0.0662. The Bertz CT molecular complexity index is 3630. The van der Waals surface area contributed by atoms with Crippen molar-refractivity contribution in [3.8, 4) is 70.3 Å². The summed E-state index contributed by atoms with van der Waals surface area (Å²) in [5.74, 6) is 18.9. The molecule has 0 aliphatic heterocycles. The first-order valence-corrected chi connectivity index (χ1v) is 26.0. The molecule has 9 aromatic carbocycles. The summed E-state index contributed by atoms with van der Waals surface area (Å²) in [6.07, 6.45) is 0. The van der Waals surface area contributed by atoms with Gasteiger partial charge in [-0.05, 0) is 173 Å². The highest BCUT2D eigenvalue weighted by Gasteiger charge is 2.37. The van der Waals surface area contributed by atoms with Crippen LogP contribution in [0.1, 0.15) is 55.9 Å². The van der Waals surface area contributed by atoms with Crippen molar-refractivity contribution in [2.24, 2.45) is 0 Å². The van der Waals surface area contributed by atoms with Crippen LogP contribution in [0.4, 0.5) is 0 Å². The summed E-state index contributed by atoms with van der Waals surface area (Å²) in [6.45, 7) is 0. The fourth-order valence-electron chi connectivity index (χ4n) is 9.94. The molecular weight excluding hydrogens is 1100 g/mol. The monoisotopic (exact) mass is 1150 g/mol. The molecule has 0 bridgehead atoms. The topological polar surface area (TPSA) is 129 Å². The minimum atomic E-state index is -1.03. The molecule has 10 rings (SSSR count). The summed E-state index contributed by atoms with van der Waals surface area (Å²) in [4.78, 5) is 9.78. The van der Waals surface area contributed by atoms with Crippen LogP contribution in [0.2, 0.25) is 0 Å². The van der Waals surface area contributed by atoms with E-state index in [0.717, 1.165) is 44.2 Å². The molecule has 380 valence electrons. The van der Waals surface area contributed by atoms with E-state index in [9.17, 15) is 10.5 Å². The zero-order valence-corrected chi connectivity index (χ0v) is 46.3. The maximum absolute atomic E-state index is 10.4. The zero-order valence-electron chi connectivity index (χ0n) is 43.2. The van der Waals surface area contributed by atoms with Gasteiger partial charge in [0, 0.05) is 30.8 Å². The minimum Gasteiger partial charge on any atom is -0.497 e. The van der Waals surface area contributed by atoms with Crippen LogP contribution in [0.5, 0.6) is 34.5 Å². The highest BCUT2D eigenvalue weighted by atomic mass is 79.9. The number of hydrogen-bond donors (Lipinski definition) is 0. The third kappa shape index (κ3) is 9.43. The number of fused-ring (bicyclic) bond motifs is 6. The van der Waals surface area contributed by atoms with Crippen molar-refractivity contribution in [2.75, 3.05) is 42.7 Å². The Balaban J connectivity index is 1.23. The van der Waals surface area contributed by atoms with Gasteiger partial charge in [0.25, 0.3) is 0 Å². The lowest BCUT2D eigenvalue weighted by atomic mass is 9.69. The van der Waals surface area contributed by atoms with Gasteiger partial charge in [0.05, 0.1) is 53.7 Å². The molecule has 0 fully saturated rings. The van der Waals surface area contributed by atoms with Crippen molar-refractivity contribution in [2.45, 2.75) is 10.8 Å². The largest absolute Gasteiger partial charge is 0.497 e. The van der Waals surface area contributed by atoms with Crippen LogP contribution >= 0.6 is 31.9 Å². The molecule has 0 unspecified atom stereocenters. The molecule has 0 amide bonds. The predicted octanol–water partition coefficient (Wildman–Crippen LogP) is 14.0. The molecule has 0 atom stereocenters. The van der Waals surface area contributed by atoms with Gasteiger partial charge >= 0.3 is 0 Å². The fourth-order valence-corrected chi connectivity index (χ4v) is 10.8. The van der Waals surface area contributed by atoms with E-state index in [2.05, 4.69) is 67.7 Å². The highest BCUT2D eigenvalue weighted by Crippen LogP contribution is 2.45. The molecule has 78 heavy (non-hydrogen) atoms. The van der Waals surface area contributed by atoms with Gasteiger partial charge in [0.15, 0.2) is 11.4 Å². The van der Waals surface area contributed by atoms with Gasteiger partial charge in [0.2, 0.25) is 0 Å². The Labute approximate surface area is 469 Å². The van der Waals surface area contributed by atoms with Crippen LogP contribution in [0.15, 0.2) is 179 Å². The van der Waals surface area contributed by atoms with Crippen LogP contribution in [0, 0.1) is 46.3 Å². The smallest absolute Gasteiger partial charge is 0.177 e. The zero-order chi connectivity index (χ0) is 54.6. The van der Waals surface area contributed by atoms with E-state index in [0.29, 0.717) is 76.4 Å². The summed E-state index contributed by atoms with van der Waals surface area (Å²) in [5.41, 5.74) is 5.22. The van der Waals surface area contributed by atoms with E-state index in [1.165, 1.54) is 0 Å². The maximum Gasteiger partial charge on any atom is 0.177 e. The van der Waals surface area contributed by atoms with Gasteiger partial charge in [-0.25, -0.2) is 9.97 Å². The van der Waals surface area contributed by atoms with Crippen molar-refractivity contribution in [1.82, 2.24) is 9.97 Å². The molecule has 0 N–H and O–H groups in total. The van der Waals surface area contributed by atoms with Crippen molar-refractivity contribution in [3.05, 3.63) is 235 Å². The lowest BCUT2D eigenvalue weighted by Crippen LogP contribution is -2.27. The molecular formula is C66H46Br2N4O6. The molecule has 1 aromatic heterocycles. The molecule has 0 spiro atoms. The normalized spacial score (nSPS) is 11.1. The lowest BCUT2D eigenvalue weighted by molar-refractivity contribution is 0.413. The number of aromatic nitrogens is 2. The molecule has 1 heterocycles. The standard InChI is InChI=1S/C66H46Br2N4O6/c1-73-49-19-7-43(8-20-49)65(44-9-21-50(74-2)22-10-44,45-11-23-51(75-3)24-12-45)33-31-41-35-57-55(37-59(41)67)56-38-60(68)42(36-58(56)64-63(57)71-61(39-69)62(40-70)72-64)32-34-66(46-13-25-52(76-4)26-14-46,47-15-27-53(77-5)28-16-47)48-17-29-54(78-6)30-18-48/h7-30,35-38H,1-6H3. The number of nitrogens with zero attached hydrogens (tertiary/aromatic N) is 4. The number of methoxy groups -OCH3 is 6. The van der Waals surface area contributed by atoms with Crippen LogP contribution < -0.4 is 28.4 Å². The Hall–Kier alpha value is -9.30. The molecule has 0 saturated carbocycles. The highest BCUT2D eigenvalue weighted by molar-refractivity contribution is 9.10. The van der Waals surface area contributed by atoms with Gasteiger partial charge in [-0.2, -0.15) is 10.5 Å². The number of nitriles is 2. The van der Waals surface area contributed by atoms with Crippen LogP contribution in [-0.4, -0.2) is 52.6 Å². The molecule has 0 saturated heterocycles. The molecule has 10 nitrogen and oxygen atoms in total. The van der Waals surface area contributed by atoms with Crippen LogP contribution in [-0.2, 0) is 10.8 Å². The number of ether oxygens (including phenoxy) is 6. The summed E-state index contributed by atoms with van der Waals surface area (Å²) in [7, 11) is 9.83. The first-order valence-electron chi connectivity index (χ1n) is 24.4. The second-order valence-electron chi connectivity index (χ2n) is 18.0. The van der Waals surface area contributed by atoms with Gasteiger partial charge in [-0.1, -0.05) is 96.5 Å². The lowest BCUT2D eigenvalue weighted by Gasteiger charge is -2.31. The third-order valence-electron chi connectivity index (χ3n) is 14.0. The van der Waals surface area contributed by atoms with E-state index >= 15 is 0 Å². The van der Waals surface area contributed by atoms with Gasteiger partial charge in [-0.3, -0.25) is 0 Å². The summed E-state index contributed by atoms with van der Waals surface area (Å²) in [5, 5.41) is 23.7. The summed E-state index contributed by atoms with van der Waals surface area (Å²) in [6, 6.07) is 59.6. The number of halogens is 2. The second-order valence-corrected chi connectivity index (χ2v) is 19.7. The number of hydrogen-bond acceptors (Lipinski definition) is 10. The molecule has 0 radical (unpaired) electrons. The predicted molar refractivity (Wildman–Crippen MR) is 311 cm³/mol. The Morgan fingerprint density at radius 1 is 0.346 bits per heavy atom. The minimum absolute atomic E-state index is 0.0980. The van der Waals surface area contributed by atoms with Crippen LogP contribution in [0.25, 0.3) is 32.6 Å². The molecule has 0 aliphatic carbocycles. The Morgan fingerprint density at radius 2 is 0.577 bits per heavy atom. The van der Waals surface area contributed by atoms with Crippen molar-refractivity contribution >= 4 is 64.4 Å². The van der Waals surface area contributed by atoms with E-state index in [-0.39, 0.29) is 11.4 Å². The summed E-state index contributed by atoms with van der Waals surface area (Å²) < 4.78 is 35.0. The van der Waals surface area contributed by atoms with Crippen molar-refractivity contribution < 1.29 is 28.4 Å².